The van der Waals surface area contributed by atoms with Gasteiger partial charge in [-0.2, -0.15) is 0 Å². The van der Waals surface area contributed by atoms with Crippen LogP contribution in [0.25, 0.3) is 12.2 Å². The van der Waals surface area contributed by atoms with Gasteiger partial charge in [-0.3, -0.25) is 10.1 Å². The highest BCUT2D eigenvalue weighted by Gasteiger charge is 2.12. The Morgan fingerprint density at radius 3 is 1.67 bits per heavy atom. The molecule has 0 amide bonds. The first-order chi connectivity index (χ1) is 9.86. The molecule has 0 radical (unpaired) electrons. The lowest BCUT2D eigenvalue weighted by Gasteiger charge is -2.18. The van der Waals surface area contributed by atoms with Crippen molar-refractivity contribution in [2.24, 2.45) is 0 Å². The number of non-ortho nitro benzene ring substituents is 1. The zero-order valence-corrected chi connectivity index (χ0v) is 12.5. The Bertz CT molecular complexity index is 647. The zero-order chi connectivity index (χ0) is 15.5. The molecule has 0 aliphatic rings. The minimum absolute atomic E-state index is 0.113. The van der Waals surface area contributed by atoms with Crippen LogP contribution in [0.5, 0.6) is 0 Å². The fourth-order valence-corrected chi connectivity index (χ4v) is 1.99. The second-order valence-electron chi connectivity index (χ2n) is 6.05. The number of nitro benzene ring substituents is 1. The van der Waals surface area contributed by atoms with Crippen LogP contribution in [-0.4, -0.2) is 4.92 Å². The van der Waals surface area contributed by atoms with Gasteiger partial charge < -0.3 is 0 Å². The van der Waals surface area contributed by atoms with Crippen molar-refractivity contribution in [3.05, 3.63) is 75.3 Å². The van der Waals surface area contributed by atoms with Crippen LogP contribution < -0.4 is 0 Å². The lowest BCUT2D eigenvalue weighted by Crippen LogP contribution is -2.10. The van der Waals surface area contributed by atoms with E-state index in [1.807, 2.05) is 12.2 Å². The van der Waals surface area contributed by atoms with Gasteiger partial charge in [0.1, 0.15) is 0 Å². The largest absolute Gasteiger partial charge is 0.269 e. The van der Waals surface area contributed by atoms with Gasteiger partial charge in [-0.05, 0) is 34.2 Å². The molecule has 0 bridgehead atoms. The standard InChI is InChI=1S/C18H19NO2/c1-18(2,3)16-10-6-14(7-11-16)4-5-15-8-12-17(13-9-15)19(20)21/h4-13H,1-3H3/b5-4+. The van der Waals surface area contributed by atoms with E-state index in [2.05, 4.69) is 45.0 Å². The molecule has 0 unspecified atom stereocenters. The van der Waals surface area contributed by atoms with E-state index in [0.29, 0.717) is 0 Å². The van der Waals surface area contributed by atoms with Gasteiger partial charge in [0.25, 0.3) is 5.69 Å². The SMILES string of the molecule is CC(C)(C)c1ccc(/C=C/c2ccc([N+](=O)[O-])cc2)cc1. The first-order valence-corrected chi connectivity index (χ1v) is 6.89. The van der Waals surface area contributed by atoms with Crippen LogP contribution in [0.3, 0.4) is 0 Å². The molecule has 0 aromatic heterocycles. The highest BCUT2D eigenvalue weighted by Crippen LogP contribution is 2.22. The monoisotopic (exact) mass is 281 g/mol. The van der Waals surface area contributed by atoms with Crippen molar-refractivity contribution in [1.29, 1.82) is 0 Å². The summed E-state index contributed by atoms with van der Waals surface area (Å²) in [5.41, 5.74) is 3.62. The van der Waals surface area contributed by atoms with Gasteiger partial charge in [0.05, 0.1) is 4.92 Å². The number of rotatable bonds is 3. The van der Waals surface area contributed by atoms with Gasteiger partial charge in [0, 0.05) is 12.1 Å². The number of nitro groups is 1. The molecular formula is C18H19NO2. The molecule has 0 atom stereocenters. The van der Waals surface area contributed by atoms with Crippen LogP contribution in [0.1, 0.15) is 37.5 Å². The molecule has 108 valence electrons. The third-order valence-corrected chi connectivity index (χ3v) is 3.35. The molecule has 2 aromatic carbocycles. The van der Waals surface area contributed by atoms with Crippen molar-refractivity contribution in [2.75, 3.05) is 0 Å². The Morgan fingerprint density at radius 2 is 1.29 bits per heavy atom. The van der Waals surface area contributed by atoms with Gasteiger partial charge in [-0.25, -0.2) is 0 Å². The summed E-state index contributed by atoms with van der Waals surface area (Å²) < 4.78 is 0. The second kappa shape index (κ2) is 5.92. The van der Waals surface area contributed by atoms with Crippen LogP contribution in [0.15, 0.2) is 48.5 Å². The van der Waals surface area contributed by atoms with E-state index in [9.17, 15) is 10.1 Å². The van der Waals surface area contributed by atoms with Crippen molar-refractivity contribution >= 4 is 17.8 Å². The van der Waals surface area contributed by atoms with Crippen LogP contribution in [0.4, 0.5) is 5.69 Å². The van der Waals surface area contributed by atoms with Crippen molar-refractivity contribution in [2.45, 2.75) is 26.2 Å². The number of nitrogens with zero attached hydrogens (tertiary/aromatic N) is 1. The summed E-state index contributed by atoms with van der Waals surface area (Å²) in [5.74, 6) is 0. The van der Waals surface area contributed by atoms with Crippen LogP contribution >= 0.6 is 0 Å². The quantitative estimate of drug-likeness (QED) is 0.448. The molecule has 0 fully saturated rings. The van der Waals surface area contributed by atoms with E-state index < -0.39 is 4.92 Å². The van der Waals surface area contributed by atoms with E-state index in [1.54, 1.807) is 12.1 Å². The van der Waals surface area contributed by atoms with E-state index in [-0.39, 0.29) is 11.1 Å². The fourth-order valence-electron chi connectivity index (χ4n) is 1.99. The van der Waals surface area contributed by atoms with E-state index >= 15 is 0 Å². The lowest BCUT2D eigenvalue weighted by atomic mass is 9.87. The molecule has 3 nitrogen and oxygen atoms in total. The van der Waals surface area contributed by atoms with Gasteiger partial charge >= 0.3 is 0 Å². The van der Waals surface area contributed by atoms with Crippen LogP contribution in [0.2, 0.25) is 0 Å². The Kier molecular flexibility index (Phi) is 4.22. The maximum Gasteiger partial charge on any atom is 0.269 e. The summed E-state index contributed by atoms with van der Waals surface area (Å²) in [6.07, 6.45) is 3.96. The Morgan fingerprint density at radius 1 is 0.857 bits per heavy atom. The summed E-state index contributed by atoms with van der Waals surface area (Å²) >= 11 is 0. The molecule has 2 rings (SSSR count). The average molecular weight is 281 g/mol. The molecule has 3 heteroatoms. The van der Waals surface area contributed by atoms with Crippen molar-refractivity contribution in [3.8, 4) is 0 Å². The van der Waals surface area contributed by atoms with Crippen molar-refractivity contribution < 1.29 is 4.92 Å². The Hall–Kier alpha value is -2.42. The van der Waals surface area contributed by atoms with E-state index in [4.69, 9.17) is 0 Å². The number of benzene rings is 2. The lowest BCUT2D eigenvalue weighted by molar-refractivity contribution is -0.384. The zero-order valence-electron chi connectivity index (χ0n) is 12.5. The smallest absolute Gasteiger partial charge is 0.258 e. The maximum atomic E-state index is 10.6. The highest BCUT2D eigenvalue weighted by atomic mass is 16.6. The Balaban J connectivity index is 2.12. The molecular weight excluding hydrogens is 262 g/mol. The minimum atomic E-state index is -0.390. The first-order valence-electron chi connectivity index (χ1n) is 6.89. The van der Waals surface area contributed by atoms with E-state index in [0.717, 1.165) is 11.1 Å². The predicted molar refractivity (Wildman–Crippen MR) is 87.2 cm³/mol. The molecule has 0 N–H and O–H groups in total. The van der Waals surface area contributed by atoms with Gasteiger partial charge in [0.2, 0.25) is 0 Å². The van der Waals surface area contributed by atoms with Gasteiger partial charge in [0.15, 0.2) is 0 Å². The van der Waals surface area contributed by atoms with Crippen molar-refractivity contribution in [1.82, 2.24) is 0 Å². The van der Waals surface area contributed by atoms with Crippen LogP contribution in [-0.2, 0) is 5.41 Å². The van der Waals surface area contributed by atoms with Crippen molar-refractivity contribution in [3.63, 3.8) is 0 Å². The molecule has 0 aliphatic carbocycles. The molecule has 2 aromatic rings. The maximum absolute atomic E-state index is 10.6. The van der Waals surface area contributed by atoms with Gasteiger partial charge in [-0.1, -0.05) is 57.2 Å². The third-order valence-electron chi connectivity index (χ3n) is 3.35. The average Bonchev–Trinajstić information content (AvgIpc) is 2.45. The minimum Gasteiger partial charge on any atom is -0.258 e. The second-order valence-corrected chi connectivity index (χ2v) is 6.05. The molecule has 0 saturated carbocycles. The molecule has 0 heterocycles. The summed E-state index contributed by atoms with van der Waals surface area (Å²) in [6, 6.07) is 15.0. The predicted octanol–water partition coefficient (Wildman–Crippen LogP) is 5.06. The molecule has 0 spiro atoms. The fraction of sp³-hybridized carbons (Fsp3) is 0.222. The summed E-state index contributed by atoms with van der Waals surface area (Å²) in [5, 5.41) is 10.6. The van der Waals surface area contributed by atoms with E-state index in [1.165, 1.54) is 17.7 Å². The molecule has 0 aliphatic heterocycles. The summed E-state index contributed by atoms with van der Waals surface area (Å²) in [6.45, 7) is 6.57. The first kappa shape index (κ1) is 15.0. The summed E-state index contributed by atoms with van der Waals surface area (Å²) in [7, 11) is 0. The van der Waals surface area contributed by atoms with Gasteiger partial charge in [-0.15, -0.1) is 0 Å². The highest BCUT2D eigenvalue weighted by molar-refractivity contribution is 5.70. The number of hydrogen-bond donors (Lipinski definition) is 0. The Labute approximate surface area is 125 Å². The summed E-state index contributed by atoms with van der Waals surface area (Å²) in [4.78, 5) is 10.2. The molecule has 21 heavy (non-hydrogen) atoms. The third kappa shape index (κ3) is 4.02. The topological polar surface area (TPSA) is 43.1 Å². The van der Waals surface area contributed by atoms with Crippen LogP contribution in [0, 0.1) is 10.1 Å². The number of hydrogen-bond acceptors (Lipinski definition) is 2. The molecule has 0 saturated heterocycles. The normalized spacial score (nSPS) is 11.8.